The van der Waals surface area contributed by atoms with E-state index in [1.54, 1.807) is 0 Å². The Labute approximate surface area is 127 Å². The van der Waals surface area contributed by atoms with Gasteiger partial charge in [-0.25, -0.2) is 0 Å². The maximum atomic E-state index is 3.73. The standard InChI is InChI=1S/C18H12BrP/c19-15-10-6-12-17-18(15)14-9-4-5-11-16(14)20(17)13-7-2-1-3-8-13/h1-12H. The minimum Gasteiger partial charge on any atom is -0.0772 e. The monoisotopic (exact) mass is 338 g/mol. The molecule has 1 atom stereocenters. The van der Waals surface area contributed by atoms with E-state index in [0.29, 0.717) is 0 Å². The summed E-state index contributed by atoms with van der Waals surface area (Å²) in [6.07, 6.45) is 0. The first-order valence-corrected chi connectivity index (χ1v) is 8.73. The molecule has 0 saturated heterocycles. The molecule has 0 nitrogen and oxygen atoms in total. The number of halogens is 1. The van der Waals surface area contributed by atoms with Gasteiger partial charge in [0, 0.05) is 20.1 Å². The van der Waals surface area contributed by atoms with Crippen LogP contribution in [0.5, 0.6) is 0 Å². The predicted octanol–water partition coefficient (Wildman–Crippen LogP) is 6.73. The molecule has 0 bridgehead atoms. The summed E-state index contributed by atoms with van der Waals surface area (Å²) in [5, 5.41) is 7.10. The van der Waals surface area contributed by atoms with Gasteiger partial charge in [-0.1, -0.05) is 84.1 Å². The second kappa shape index (κ2) is 4.77. The first kappa shape index (κ1) is 12.2. The van der Waals surface area contributed by atoms with Crippen LogP contribution in [-0.2, 0) is 0 Å². The van der Waals surface area contributed by atoms with Crippen molar-refractivity contribution in [1.82, 2.24) is 0 Å². The topological polar surface area (TPSA) is 0 Å². The summed E-state index contributed by atoms with van der Waals surface area (Å²) in [7, 11) is -0.418. The molecule has 20 heavy (non-hydrogen) atoms. The van der Waals surface area contributed by atoms with E-state index in [1.165, 1.54) is 30.8 Å². The molecule has 96 valence electrons. The fourth-order valence-electron chi connectivity index (χ4n) is 2.83. The molecule has 0 spiro atoms. The molecule has 1 unspecified atom stereocenters. The van der Waals surface area contributed by atoms with Gasteiger partial charge in [-0.15, -0.1) is 0 Å². The van der Waals surface area contributed by atoms with Crippen molar-refractivity contribution in [2.75, 3.05) is 0 Å². The Morgan fingerprint density at radius 3 is 2.20 bits per heavy atom. The average molecular weight is 339 g/mol. The van der Waals surface area contributed by atoms with Gasteiger partial charge in [-0.2, -0.15) is 0 Å². The summed E-state index contributed by atoms with van der Waals surface area (Å²) in [4.78, 5) is 0. The second-order valence-corrected chi connectivity index (χ2v) is 7.83. The third-order valence-corrected chi connectivity index (χ3v) is 6.86. The Morgan fingerprint density at radius 1 is 0.650 bits per heavy atom. The smallest absolute Gasteiger partial charge is 0.0263 e. The van der Waals surface area contributed by atoms with Crippen molar-refractivity contribution in [3.8, 4) is 5.30 Å². The van der Waals surface area contributed by atoms with Gasteiger partial charge in [0.15, 0.2) is 0 Å². The van der Waals surface area contributed by atoms with Crippen molar-refractivity contribution in [3.05, 3.63) is 77.3 Å². The molecule has 0 aliphatic heterocycles. The van der Waals surface area contributed by atoms with Crippen LogP contribution < -0.4 is 0 Å². The molecule has 2 heteroatoms. The van der Waals surface area contributed by atoms with Gasteiger partial charge in [0.2, 0.25) is 0 Å². The third kappa shape index (κ3) is 1.74. The first-order valence-electron chi connectivity index (χ1n) is 6.59. The summed E-state index contributed by atoms with van der Waals surface area (Å²) in [5.41, 5.74) is 0. The maximum Gasteiger partial charge on any atom is 0.0263 e. The molecule has 0 N–H and O–H groups in total. The minimum absolute atomic E-state index is 0.418. The van der Waals surface area contributed by atoms with E-state index in [-0.39, 0.29) is 0 Å². The van der Waals surface area contributed by atoms with Crippen molar-refractivity contribution in [2.45, 2.75) is 0 Å². The molecule has 4 aromatic rings. The largest absolute Gasteiger partial charge is 0.0772 e. The fourth-order valence-corrected chi connectivity index (χ4v) is 6.21. The predicted molar refractivity (Wildman–Crippen MR) is 93.2 cm³/mol. The van der Waals surface area contributed by atoms with E-state index in [1.807, 2.05) is 0 Å². The van der Waals surface area contributed by atoms with Crippen LogP contribution in [0.15, 0.2) is 77.3 Å². The minimum atomic E-state index is -0.418. The molecule has 4 rings (SSSR count). The molecular weight excluding hydrogens is 327 g/mol. The Morgan fingerprint density at radius 2 is 1.35 bits per heavy atom. The van der Waals surface area contributed by atoms with Crippen LogP contribution in [0.25, 0.3) is 26.3 Å². The Bertz CT molecular complexity index is 907. The second-order valence-electron chi connectivity index (χ2n) is 4.82. The zero-order valence-electron chi connectivity index (χ0n) is 10.8. The lowest BCUT2D eigenvalue weighted by Gasteiger charge is -2.03. The van der Waals surface area contributed by atoms with Gasteiger partial charge < -0.3 is 0 Å². The SMILES string of the molecule is Brc1cccc2c1c1ccccc1p2-c1ccccc1. The van der Waals surface area contributed by atoms with Crippen molar-refractivity contribution in [2.24, 2.45) is 0 Å². The van der Waals surface area contributed by atoms with Gasteiger partial charge >= 0.3 is 0 Å². The van der Waals surface area contributed by atoms with Crippen LogP contribution in [-0.4, -0.2) is 0 Å². The molecular formula is C18H12BrP. The molecule has 0 aliphatic rings. The van der Waals surface area contributed by atoms with E-state index < -0.39 is 7.53 Å². The molecule has 0 saturated carbocycles. The van der Waals surface area contributed by atoms with Gasteiger partial charge in [-0.3, -0.25) is 0 Å². The van der Waals surface area contributed by atoms with E-state index in [9.17, 15) is 0 Å². The highest BCUT2D eigenvalue weighted by Gasteiger charge is 2.14. The first-order chi connectivity index (χ1) is 9.86. The fraction of sp³-hybridized carbons (Fsp3) is 0. The van der Waals surface area contributed by atoms with E-state index >= 15 is 0 Å². The lowest BCUT2D eigenvalue weighted by Crippen LogP contribution is -1.68. The van der Waals surface area contributed by atoms with Crippen molar-refractivity contribution >= 4 is 44.5 Å². The van der Waals surface area contributed by atoms with Crippen LogP contribution in [0.2, 0.25) is 0 Å². The van der Waals surface area contributed by atoms with Crippen molar-refractivity contribution in [1.29, 1.82) is 0 Å². The molecule has 3 aromatic carbocycles. The van der Waals surface area contributed by atoms with Gasteiger partial charge in [0.1, 0.15) is 0 Å². The van der Waals surface area contributed by atoms with Crippen LogP contribution in [0.3, 0.4) is 0 Å². The normalized spacial score (nSPS) is 12.2. The van der Waals surface area contributed by atoms with E-state index in [4.69, 9.17) is 0 Å². The number of hydrogen-bond acceptors (Lipinski definition) is 0. The Balaban J connectivity index is 2.26. The van der Waals surface area contributed by atoms with Crippen molar-refractivity contribution in [3.63, 3.8) is 0 Å². The van der Waals surface area contributed by atoms with Crippen molar-refractivity contribution < 1.29 is 0 Å². The zero-order valence-corrected chi connectivity index (χ0v) is 13.2. The Kier molecular flexibility index (Phi) is 2.91. The maximum absolute atomic E-state index is 3.73. The third-order valence-electron chi connectivity index (χ3n) is 3.66. The molecule has 0 radical (unpaired) electrons. The molecule has 1 heterocycles. The van der Waals surface area contributed by atoms with Crippen LogP contribution in [0.4, 0.5) is 0 Å². The number of rotatable bonds is 1. The number of hydrogen-bond donors (Lipinski definition) is 0. The lowest BCUT2D eigenvalue weighted by atomic mass is 10.2. The zero-order chi connectivity index (χ0) is 13.5. The highest BCUT2D eigenvalue weighted by molar-refractivity contribution is 9.10. The number of fused-ring (bicyclic) bond motifs is 3. The molecule has 0 fully saturated rings. The van der Waals surface area contributed by atoms with E-state index in [2.05, 4.69) is 88.7 Å². The molecule has 1 aromatic heterocycles. The van der Waals surface area contributed by atoms with Gasteiger partial charge in [0.05, 0.1) is 0 Å². The molecule has 0 aliphatic carbocycles. The summed E-state index contributed by atoms with van der Waals surface area (Å²) < 4.78 is 1.20. The van der Waals surface area contributed by atoms with Crippen LogP contribution >= 0.6 is 23.5 Å². The lowest BCUT2D eigenvalue weighted by molar-refractivity contribution is 1.76. The summed E-state index contributed by atoms with van der Waals surface area (Å²) >= 11 is 3.73. The summed E-state index contributed by atoms with van der Waals surface area (Å²) in [5.74, 6) is 0. The number of benzene rings is 3. The van der Waals surface area contributed by atoms with Gasteiger partial charge in [-0.05, 0) is 22.8 Å². The summed E-state index contributed by atoms with van der Waals surface area (Å²) in [6.45, 7) is 0. The highest BCUT2D eigenvalue weighted by atomic mass is 79.9. The Hall–Kier alpha value is -1.56. The molecule has 0 amide bonds. The quantitative estimate of drug-likeness (QED) is 0.361. The average Bonchev–Trinajstić information content (AvgIpc) is 2.84. The van der Waals surface area contributed by atoms with Crippen LogP contribution in [0, 0.1) is 0 Å². The summed E-state index contributed by atoms with van der Waals surface area (Å²) in [6, 6.07) is 26.2. The van der Waals surface area contributed by atoms with Gasteiger partial charge in [0.25, 0.3) is 0 Å². The van der Waals surface area contributed by atoms with E-state index in [0.717, 1.165) is 0 Å². The van der Waals surface area contributed by atoms with Crippen LogP contribution in [0.1, 0.15) is 0 Å². The highest BCUT2D eigenvalue weighted by Crippen LogP contribution is 2.56.